The van der Waals surface area contributed by atoms with E-state index < -0.39 is 22.6 Å². The summed E-state index contributed by atoms with van der Waals surface area (Å²) in [6, 6.07) is 5.44. The van der Waals surface area contributed by atoms with Crippen molar-refractivity contribution < 1.29 is 18.1 Å². The second-order valence-corrected chi connectivity index (χ2v) is 4.27. The Balaban J connectivity index is 2.02. The molecule has 2 aromatic rings. The van der Waals surface area contributed by atoms with E-state index >= 15 is 0 Å². The molecule has 20 heavy (non-hydrogen) atoms. The lowest BCUT2D eigenvalue weighted by atomic mass is 10.1. The van der Waals surface area contributed by atoms with Crippen molar-refractivity contribution in [3.8, 4) is 0 Å². The van der Waals surface area contributed by atoms with E-state index in [-0.39, 0.29) is 18.0 Å². The summed E-state index contributed by atoms with van der Waals surface area (Å²) >= 11 is 0. The van der Waals surface area contributed by atoms with Gasteiger partial charge in [0, 0.05) is 11.6 Å². The summed E-state index contributed by atoms with van der Waals surface area (Å²) in [4.78, 5) is 9.82. The summed E-state index contributed by atoms with van der Waals surface area (Å²) in [5, 5.41) is 13.4. The van der Waals surface area contributed by atoms with Crippen molar-refractivity contribution in [2.45, 2.75) is 19.5 Å². The summed E-state index contributed by atoms with van der Waals surface area (Å²) in [7, 11) is 0. The van der Waals surface area contributed by atoms with E-state index in [0.717, 1.165) is 18.2 Å². The maximum absolute atomic E-state index is 13.5. The highest BCUT2D eigenvalue weighted by Gasteiger charge is 2.15. The topological polar surface area (TPSA) is 68.3 Å². The van der Waals surface area contributed by atoms with E-state index in [0.29, 0.717) is 5.76 Å². The quantitative estimate of drug-likeness (QED) is 0.674. The molecule has 1 N–H and O–H groups in total. The van der Waals surface area contributed by atoms with E-state index in [1.165, 1.54) is 12.1 Å². The minimum absolute atomic E-state index is 0.172. The third-order valence-corrected chi connectivity index (χ3v) is 2.83. The first-order chi connectivity index (χ1) is 9.47. The maximum Gasteiger partial charge on any atom is 0.433 e. The zero-order chi connectivity index (χ0) is 14.7. The molecule has 0 aliphatic rings. The lowest BCUT2D eigenvalue weighted by Gasteiger charge is -2.14. The summed E-state index contributed by atoms with van der Waals surface area (Å²) in [5.74, 6) is -1.05. The SMILES string of the molecule is CC(NCc1ccc([N+](=O)[O-])o1)c1cc(F)ccc1F. The Morgan fingerprint density at radius 1 is 1.35 bits per heavy atom. The number of furan rings is 1. The summed E-state index contributed by atoms with van der Waals surface area (Å²) in [6.07, 6.45) is 0. The molecule has 1 unspecified atom stereocenters. The smallest absolute Gasteiger partial charge is 0.404 e. The predicted octanol–water partition coefficient (Wildman–Crippen LogP) is 3.32. The molecule has 1 aromatic carbocycles. The molecule has 106 valence electrons. The zero-order valence-corrected chi connectivity index (χ0v) is 10.6. The van der Waals surface area contributed by atoms with Gasteiger partial charge in [-0.3, -0.25) is 10.1 Å². The molecule has 0 spiro atoms. The van der Waals surface area contributed by atoms with E-state index in [1.807, 2.05) is 0 Å². The minimum Gasteiger partial charge on any atom is -0.404 e. The van der Waals surface area contributed by atoms with E-state index in [1.54, 1.807) is 6.92 Å². The van der Waals surface area contributed by atoms with Gasteiger partial charge < -0.3 is 9.73 Å². The first kappa shape index (κ1) is 14.1. The van der Waals surface area contributed by atoms with Crippen LogP contribution in [0.25, 0.3) is 0 Å². The number of hydrogen-bond donors (Lipinski definition) is 1. The molecule has 5 nitrogen and oxygen atoms in total. The van der Waals surface area contributed by atoms with Crippen molar-refractivity contribution in [2.75, 3.05) is 0 Å². The van der Waals surface area contributed by atoms with Crippen molar-refractivity contribution in [2.24, 2.45) is 0 Å². The lowest BCUT2D eigenvalue weighted by Crippen LogP contribution is -2.19. The van der Waals surface area contributed by atoms with Crippen LogP contribution in [-0.2, 0) is 6.54 Å². The Hall–Kier alpha value is -2.28. The van der Waals surface area contributed by atoms with E-state index in [2.05, 4.69) is 5.32 Å². The van der Waals surface area contributed by atoms with Crippen LogP contribution >= 0.6 is 0 Å². The van der Waals surface area contributed by atoms with Gasteiger partial charge in [-0.2, -0.15) is 0 Å². The molecule has 0 saturated heterocycles. The number of halogens is 2. The van der Waals surface area contributed by atoms with Crippen LogP contribution in [0, 0.1) is 21.7 Å². The van der Waals surface area contributed by atoms with Crippen LogP contribution < -0.4 is 5.32 Å². The van der Waals surface area contributed by atoms with Crippen molar-refractivity contribution in [1.82, 2.24) is 5.32 Å². The fourth-order valence-corrected chi connectivity index (χ4v) is 1.77. The van der Waals surface area contributed by atoms with Gasteiger partial charge >= 0.3 is 5.88 Å². The van der Waals surface area contributed by atoms with Crippen LogP contribution in [0.1, 0.15) is 24.3 Å². The normalized spacial score (nSPS) is 12.3. The summed E-state index contributed by atoms with van der Waals surface area (Å²) in [5.41, 5.74) is 0.186. The molecule has 0 aliphatic heterocycles. The van der Waals surface area contributed by atoms with Crippen molar-refractivity contribution in [3.05, 3.63) is 63.4 Å². The van der Waals surface area contributed by atoms with Gasteiger partial charge in [0.15, 0.2) is 0 Å². The van der Waals surface area contributed by atoms with Gasteiger partial charge in [-0.25, -0.2) is 8.78 Å². The molecule has 1 atom stereocenters. The number of nitrogens with zero attached hydrogens (tertiary/aromatic N) is 1. The first-order valence-electron chi connectivity index (χ1n) is 5.89. The molecule has 0 fully saturated rings. The lowest BCUT2D eigenvalue weighted by molar-refractivity contribution is -0.402. The summed E-state index contributed by atoms with van der Waals surface area (Å²) in [6.45, 7) is 1.83. The molecular weight excluding hydrogens is 270 g/mol. The second kappa shape index (κ2) is 5.79. The number of rotatable bonds is 5. The Morgan fingerprint density at radius 3 is 2.75 bits per heavy atom. The van der Waals surface area contributed by atoms with Gasteiger partial charge in [0.1, 0.15) is 22.3 Å². The highest BCUT2D eigenvalue weighted by atomic mass is 19.1. The highest BCUT2D eigenvalue weighted by Crippen LogP contribution is 2.20. The van der Waals surface area contributed by atoms with Gasteiger partial charge in [0.2, 0.25) is 0 Å². The molecule has 2 rings (SSSR count). The predicted molar refractivity (Wildman–Crippen MR) is 67.0 cm³/mol. The third-order valence-electron chi connectivity index (χ3n) is 2.83. The zero-order valence-electron chi connectivity index (χ0n) is 10.6. The van der Waals surface area contributed by atoms with Crippen molar-refractivity contribution in [3.63, 3.8) is 0 Å². The first-order valence-corrected chi connectivity index (χ1v) is 5.89. The Labute approximate surface area is 113 Å². The van der Waals surface area contributed by atoms with Gasteiger partial charge in [-0.05, 0) is 31.2 Å². The Bertz CT molecular complexity index is 628. The monoisotopic (exact) mass is 282 g/mol. The molecule has 0 amide bonds. The van der Waals surface area contributed by atoms with Gasteiger partial charge in [0.25, 0.3) is 0 Å². The standard InChI is InChI=1S/C13H12F2N2O3/c1-8(11-6-9(14)2-4-12(11)15)16-7-10-3-5-13(20-10)17(18)19/h2-6,8,16H,7H2,1H3. The fourth-order valence-electron chi connectivity index (χ4n) is 1.77. The fraction of sp³-hybridized carbons (Fsp3) is 0.231. The molecule has 7 heteroatoms. The van der Waals surface area contributed by atoms with Crippen LogP contribution in [0.4, 0.5) is 14.7 Å². The van der Waals surface area contributed by atoms with Crippen LogP contribution in [-0.4, -0.2) is 4.92 Å². The molecule has 1 heterocycles. The second-order valence-electron chi connectivity index (χ2n) is 4.27. The minimum atomic E-state index is -0.640. The van der Waals surface area contributed by atoms with Crippen molar-refractivity contribution >= 4 is 5.88 Å². The van der Waals surface area contributed by atoms with Gasteiger partial charge in [0.05, 0.1) is 12.6 Å². The molecule has 0 bridgehead atoms. The van der Waals surface area contributed by atoms with Gasteiger partial charge in [-0.15, -0.1) is 0 Å². The average molecular weight is 282 g/mol. The van der Waals surface area contributed by atoms with Crippen LogP contribution in [0.2, 0.25) is 0 Å². The number of nitro groups is 1. The number of benzene rings is 1. The molecule has 0 aliphatic carbocycles. The molecule has 1 aromatic heterocycles. The molecule has 0 saturated carbocycles. The largest absolute Gasteiger partial charge is 0.433 e. The molecular formula is C13H12F2N2O3. The Kier molecular flexibility index (Phi) is 4.09. The number of hydrogen-bond acceptors (Lipinski definition) is 4. The van der Waals surface area contributed by atoms with Crippen LogP contribution in [0.3, 0.4) is 0 Å². The Morgan fingerprint density at radius 2 is 2.10 bits per heavy atom. The van der Waals surface area contributed by atoms with E-state index in [9.17, 15) is 18.9 Å². The highest BCUT2D eigenvalue weighted by molar-refractivity contribution is 5.22. The number of nitrogens with one attached hydrogen (secondary N) is 1. The molecule has 0 radical (unpaired) electrons. The maximum atomic E-state index is 13.5. The average Bonchev–Trinajstić information content (AvgIpc) is 2.88. The third kappa shape index (κ3) is 3.18. The van der Waals surface area contributed by atoms with Gasteiger partial charge in [-0.1, -0.05) is 0 Å². The van der Waals surface area contributed by atoms with E-state index in [4.69, 9.17) is 4.42 Å². The van der Waals surface area contributed by atoms with Crippen molar-refractivity contribution in [1.29, 1.82) is 0 Å². The van der Waals surface area contributed by atoms with Crippen LogP contribution in [0.15, 0.2) is 34.7 Å². The van der Waals surface area contributed by atoms with Crippen LogP contribution in [0.5, 0.6) is 0 Å². The summed E-state index contributed by atoms with van der Waals surface area (Å²) < 4.78 is 31.6.